The van der Waals surface area contributed by atoms with Gasteiger partial charge in [-0.05, 0) is 37.8 Å². The van der Waals surface area contributed by atoms with Crippen LogP contribution in [0, 0.1) is 12.8 Å². The van der Waals surface area contributed by atoms with E-state index in [1.807, 2.05) is 0 Å². The molecule has 0 radical (unpaired) electrons. The Labute approximate surface area is 106 Å². The van der Waals surface area contributed by atoms with Crippen LogP contribution in [0.3, 0.4) is 0 Å². The van der Waals surface area contributed by atoms with Crippen LogP contribution in [0.1, 0.15) is 43.7 Å². The molecule has 1 aromatic carbocycles. The van der Waals surface area contributed by atoms with Crippen molar-refractivity contribution in [2.75, 3.05) is 19.6 Å². The molecule has 1 heterocycles. The van der Waals surface area contributed by atoms with E-state index in [1.54, 1.807) is 0 Å². The molecule has 0 spiro atoms. The van der Waals surface area contributed by atoms with E-state index in [-0.39, 0.29) is 0 Å². The molecular weight excluding hydrogens is 206 g/mol. The van der Waals surface area contributed by atoms with E-state index in [0.717, 1.165) is 11.8 Å². The molecule has 1 heteroatoms. The van der Waals surface area contributed by atoms with E-state index in [1.165, 1.54) is 43.6 Å². The predicted molar refractivity (Wildman–Crippen MR) is 74.4 cm³/mol. The predicted octanol–water partition coefficient (Wildman–Crippen LogP) is 3.83. The van der Waals surface area contributed by atoms with Crippen molar-refractivity contribution in [1.29, 1.82) is 0 Å². The highest BCUT2D eigenvalue weighted by atomic mass is 15.2. The lowest BCUT2D eigenvalue weighted by atomic mass is 9.90. The maximum absolute atomic E-state index is 2.59. The van der Waals surface area contributed by atoms with Crippen LogP contribution in [0.5, 0.6) is 0 Å². The van der Waals surface area contributed by atoms with Gasteiger partial charge in [-0.1, -0.05) is 43.7 Å². The maximum Gasteiger partial charge on any atom is 0.00936 e. The highest BCUT2D eigenvalue weighted by Crippen LogP contribution is 2.27. The Morgan fingerprint density at radius 1 is 1.18 bits per heavy atom. The van der Waals surface area contributed by atoms with Gasteiger partial charge >= 0.3 is 0 Å². The highest BCUT2D eigenvalue weighted by molar-refractivity contribution is 5.26. The summed E-state index contributed by atoms with van der Waals surface area (Å²) in [6, 6.07) is 9.06. The number of rotatable bonds is 5. The van der Waals surface area contributed by atoms with Gasteiger partial charge in [-0.2, -0.15) is 0 Å². The summed E-state index contributed by atoms with van der Waals surface area (Å²) in [6.07, 6.45) is 2.73. The lowest BCUT2D eigenvalue weighted by Crippen LogP contribution is -2.45. The van der Waals surface area contributed by atoms with Crippen LogP contribution in [-0.4, -0.2) is 24.5 Å². The summed E-state index contributed by atoms with van der Waals surface area (Å²) in [5.41, 5.74) is 2.89. The normalized spacial score (nSPS) is 17.4. The Morgan fingerprint density at radius 2 is 1.82 bits per heavy atom. The van der Waals surface area contributed by atoms with Gasteiger partial charge in [0.2, 0.25) is 0 Å². The molecule has 1 aromatic rings. The van der Waals surface area contributed by atoms with Crippen LogP contribution in [-0.2, 0) is 0 Å². The van der Waals surface area contributed by atoms with Crippen molar-refractivity contribution in [2.24, 2.45) is 5.92 Å². The van der Waals surface area contributed by atoms with Crippen molar-refractivity contribution in [3.63, 3.8) is 0 Å². The zero-order valence-electron chi connectivity index (χ0n) is 11.4. The average Bonchev–Trinajstić information content (AvgIpc) is 2.23. The van der Waals surface area contributed by atoms with Crippen LogP contribution < -0.4 is 0 Å². The molecule has 0 bridgehead atoms. The molecule has 1 nitrogen and oxygen atoms in total. The molecule has 1 fully saturated rings. The van der Waals surface area contributed by atoms with Gasteiger partial charge in [0.25, 0.3) is 0 Å². The van der Waals surface area contributed by atoms with Crippen LogP contribution in [0.2, 0.25) is 0 Å². The number of hydrogen-bond acceptors (Lipinski definition) is 1. The van der Waals surface area contributed by atoms with E-state index in [0.29, 0.717) is 0 Å². The van der Waals surface area contributed by atoms with Gasteiger partial charge in [-0.15, -0.1) is 0 Å². The Kier molecular flexibility index (Phi) is 4.22. The van der Waals surface area contributed by atoms with Gasteiger partial charge in [-0.25, -0.2) is 0 Å². The zero-order chi connectivity index (χ0) is 12.3. The first-order valence-corrected chi connectivity index (χ1v) is 6.94. The third-order valence-electron chi connectivity index (χ3n) is 3.76. The molecule has 0 unspecified atom stereocenters. The Hall–Kier alpha value is -0.820. The van der Waals surface area contributed by atoms with Crippen molar-refractivity contribution in [2.45, 2.75) is 39.5 Å². The summed E-state index contributed by atoms with van der Waals surface area (Å²) >= 11 is 0. The van der Waals surface area contributed by atoms with Gasteiger partial charge in [0.1, 0.15) is 0 Å². The maximum atomic E-state index is 2.59. The summed E-state index contributed by atoms with van der Waals surface area (Å²) in [5.74, 6) is 1.64. The van der Waals surface area contributed by atoms with Crippen molar-refractivity contribution in [3.05, 3.63) is 35.4 Å². The molecule has 94 valence electrons. The fourth-order valence-corrected chi connectivity index (χ4v) is 2.53. The third kappa shape index (κ3) is 3.57. The number of likely N-dealkylation sites (tertiary alicyclic amines) is 1. The van der Waals surface area contributed by atoms with Gasteiger partial charge in [0.05, 0.1) is 0 Å². The molecule has 0 aromatic heterocycles. The Balaban J connectivity index is 1.70. The van der Waals surface area contributed by atoms with Crippen LogP contribution in [0.25, 0.3) is 0 Å². The summed E-state index contributed by atoms with van der Waals surface area (Å²) < 4.78 is 0. The molecule has 2 rings (SSSR count). The third-order valence-corrected chi connectivity index (χ3v) is 3.76. The first kappa shape index (κ1) is 12.6. The molecule has 17 heavy (non-hydrogen) atoms. The van der Waals surface area contributed by atoms with E-state index >= 15 is 0 Å². The molecule has 1 aliphatic heterocycles. The van der Waals surface area contributed by atoms with E-state index in [2.05, 4.69) is 49.9 Å². The van der Waals surface area contributed by atoms with E-state index in [9.17, 15) is 0 Å². The van der Waals surface area contributed by atoms with Gasteiger partial charge in [0, 0.05) is 19.0 Å². The Morgan fingerprint density at radius 3 is 2.41 bits per heavy atom. The number of aryl methyl sites for hydroxylation is 1. The first-order valence-electron chi connectivity index (χ1n) is 6.94. The lowest BCUT2D eigenvalue weighted by Gasteiger charge is -2.39. The van der Waals surface area contributed by atoms with Gasteiger partial charge < -0.3 is 4.90 Å². The smallest absolute Gasteiger partial charge is 0.00936 e. The molecule has 0 amide bonds. The molecule has 1 aliphatic rings. The number of nitrogens with zero attached hydrogens (tertiary/aromatic N) is 1. The van der Waals surface area contributed by atoms with Crippen LogP contribution in [0.4, 0.5) is 0 Å². The van der Waals surface area contributed by atoms with Crippen LogP contribution >= 0.6 is 0 Å². The van der Waals surface area contributed by atoms with Gasteiger partial charge in [0.15, 0.2) is 0 Å². The minimum absolute atomic E-state index is 0.787. The van der Waals surface area contributed by atoms with Gasteiger partial charge in [-0.3, -0.25) is 0 Å². The quantitative estimate of drug-likeness (QED) is 0.744. The Bertz CT molecular complexity index is 333. The molecule has 0 aliphatic carbocycles. The number of hydrogen-bond donors (Lipinski definition) is 0. The van der Waals surface area contributed by atoms with Crippen molar-refractivity contribution >= 4 is 0 Å². The first-order chi connectivity index (χ1) is 8.15. The minimum atomic E-state index is 0.787. The monoisotopic (exact) mass is 231 g/mol. The average molecular weight is 231 g/mol. The lowest BCUT2D eigenvalue weighted by molar-refractivity contribution is 0.144. The van der Waals surface area contributed by atoms with Crippen molar-refractivity contribution in [3.8, 4) is 0 Å². The standard InChI is InChI=1S/C16H25N/c1-13(2)5-4-10-17-11-16(12-17)15-8-6-14(3)7-9-15/h6-9,13,16H,4-5,10-12H2,1-3H3. The second-order valence-corrected chi connectivity index (χ2v) is 5.90. The number of benzene rings is 1. The molecule has 1 saturated heterocycles. The van der Waals surface area contributed by atoms with E-state index in [4.69, 9.17) is 0 Å². The van der Waals surface area contributed by atoms with Crippen LogP contribution in [0.15, 0.2) is 24.3 Å². The SMILES string of the molecule is Cc1ccc(C2CN(CCCC(C)C)C2)cc1. The minimum Gasteiger partial charge on any atom is -0.302 e. The topological polar surface area (TPSA) is 3.24 Å². The second kappa shape index (κ2) is 5.68. The largest absolute Gasteiger partial charge is 0.302 e. The molecular formula is C16H25N. The summed E-state index contributed by atoms with van der Waals surface area (Å²) in [4.78, 5) is 2.59. The second-order valence-electron chi connectivity index (χ2n) is 5.90. The zero-order valence-corrected chi connectivity index (χ0v) is 11.4. The summed E-state index contributed by atoms with van der Waals surface area (Å²) in [6.45, 7) is 10.6. The molecule has 0 saturated carbocycles. The fourth-order valence-electron chi connectivity index (χ4n) is 2.53. The van der Waals surface area contributed by atoms with E-state index < -0.39 is 0 Å². The molecule has 0 atom stereocenters. The molecule has 0 N–H and O–H groups in total. The summed E-state index contributed by atoms with van der Waals surface area (Å²) in [5, 5.41) is 0. The summed E-state index contributed by atoms with van der Waals surface area (Å²) in [7, 11) is 0. The van der Waals surface area contributed by atoms with Crippen molar-refractivity contribution in [1.82, 2.24) is 4.90 Å². The highest BCUT2D eigenvalue weighted by Gasteiger charge is 2.27. The fraction of sp³-hybridized carbons (Fsp3) is 0.625. The van der Waals surface area contributed by atoms with Crippen molar-refractivity contribution < 1.29 is 0 Å².